The number of hydrogen-bond acceptors (Lipinski definition) is 1. The van der Waals surface area contributed by atoms with Crippen LogP contribution in [0, 0.1) is 5.82 Å². The molecule has 4 heteroatoms. The number of halogens is 3. The molecule has 0 N–H and O–H groups in total. The zero-order valence-electron chi connectivity index (χ0n) is 8.64. The SMILES string of the molecule is CN(CCCl)CCc1cc(Br)ccc1F. The second kappa shape index (κ2) is 6.46. The summed E-state index contributed by atoms with van der Waals surface area (Å²) in [5, 5.41) is 0. The molecular weight excluding hydrogens is 280 g/mol. The van der Waals surface area contributed by atoms with Gasteiger partial charge in [-0.15, -0.1) is 11.6 Å². The number of rotatable bonds is 5. The van der Waals surface area contributed by atoms with E-state index in [1.165, 1.54) is 6.07 Å². The van der Waals surface area contributed by atoms with Crippen molar-refractivity contribution in [2.24, 2.45) is 0 Å². The first kappa shape index (κ1) is 12.9. The highest BCUT2D eigenvalue weighted by atomic mass is 79.9. The van der Waals surface area contributed by atoms with Crippen molar-refractivity contribution in [3.63, 3.8) is 0 Å². The van der Waals surface area contributed by atoms with Crippen LogP contribution in [0.2, 0.25) is 0 Å². The largest absolute Gasteiger partial charge is 0.305 e. The van der Waals surface area contributed by atoms with E-state index < -0.39 is 0 Å². The number of hydrogen-bond donors (Lipinski definition) is 0. The summed E-state index contributed by atoms with van der Waals surface area (Å²) in [6, 6.07) is 5.02. The predicted octanol–water partition coefficient (Wildman–Crippen LogP) is 3.30. The van der Waals surface area contributed by atoms with Crippen LogP contribution in [0.3, 0.4) is 0 Å². The molecule has 0 amide bonds. The van der Waals surface area contributed by atoms with Gasteiger partial charge in [-0.05, 0) is 37.2 Å². The summed E-state index contributed by atoms with van der Waals surface area (Å²) in [4.78, 5) is 2.09. The van der Waals surface area contributed by atoms with Gasteiger partial charge >= 0.3 is 0 Å². The highest BCUT2D eigenvalue weighted by Crippen LogP contribution is 2.16. The van der Waals surface area contributed by atoms with Gasteiger partial charge in [0.1, 0.15) is 5.82 Å². The molecule has 0 aliphatic rings. The van der Waals surface area contributed by atoms with E-state index in [2.05, 4.69) is 20.8 Å². The van der Waals surface area contributed by atoms with Crippen LogP contribution in [0.4, 0.5) is 4.39 Å². The maximum absolute atomic E-state index is 13.3. The second-order valence-electron chi connectivity index (χ2n) is 3.48. The molecule has 1 nitrogen and oxygen atoms in total. The quantitative estimate of drug-likeness (QED) is 0.753. The summed E-state index contributed by atoms with van der Waals surface area (Å²) >= 11 is 8.94. The molecule has 1 aromatic rings. The molecule has 15 heavy (non-hydrogen) atoms. The van der Waals surface area contributed by atoms with Crippen molar-refractivity contribution >= 4 is 27.5 Å². The minimum atomic E-state index is -0.141. The molecule has 0 aromatic heterocycles. The Balaban J connectivity index is 2.53. The molecule has 0 atom stereocenters. The van der Waals surface area contributed by atoms with Gasteiger partial charge < -0.3 is 4.90 Å². The van der Waals surface area contributed by atoms with Gasteiger partial charge in [0.2, 0.25) is 0 Å². The molecule has 0 aliphatic heterocycles. The minimum absolute atomic E-state index is 0.141. The Labute approximate surface area is 103 Å². The lowest BCUT2D eigenvalue weighted by molar-refractivity contribution is 0.357. The summed E-state index contributed by atoms with van der Waals surface area (Å²) in [6.07, 6.45) is 0.707. The lowest BCUT2D eigenvalue weighted by Gasteiger charge is -2.14. The molecule has 0 radical (unpaired) electrons. The fourth-order valence-electron chi connectivity index (χ4n) is 1.30. The summed E-state index contributed by atoms with van der Waals surface area (Å²) in [5.41, 5.74) is 0.741. The molecule has 0 unspecified atom stereocenters. The first-order valence-corrected chi connectivity index (χ1v) is 6.14. The van der Waals surface area contributed by atoms with E-state index in [-0.39, 0.29) is 5.82 Å². The van der Waals surface area contributed by atoms with Gasteiger partial charge in [0.15, 0.2) is 0 Å². The van der Waals surface area contributed by atoms with Gasteiger partial charge in [0.25, 0.3) is 0 Å². The molecular formula is C11H14BrClFN. The third kappa shape index (κ3) is 4.49. The van der Waals surface area contributed by atoms with Crippen molar-refractivity contribution in [1.29, 1.82) is 0 Å². The molecule has 0 fully saturated rings. The lowest BCUT2D eigenvalue weighted by Crippen LogP contribution is -2.23. The number of benzene rings is 1. The maximum atomic E-state index is 13.3. The Morgan fingerprint density at radius 2 is 2.13 bits per heavy atom. The van der Waals surface area contributed by atoms with Gasteiger partial charge in [-0.1, -0.05) is 15.9 Å². The maximum Gasteiger partial charge on any atom is 0.126 e. The van der Waals surface area contributed by atoms with Crippen molar-refractivity contribution in [1.82, 2.24) is 4.90 Å². The molecule has 1 rings (SSSR count). The Bertz CT molecular complexity index is 319. The van der Waals surface area contributed by atoms with Crippen molar-refractivity contribution in [3.05, 3.63) is 34.1 Å². The third-order valence-corrected chi connectivity index (χ3v) is 2.90. The monoisotopic (exact) mass is 293 g/mol. The predicted molar refractivity (Wildman–Crippen MR) is 66.0 cm³/mol. The number of likely N-dealkylation sites (N-methyl/N-ethyl adjacent to an activating group) is 1. The van der Waals surface area contributed by atoms with Gasteiger partial charge in [0.05, 0.1) is 0 Å². The molecule has 1 aromatic carbocycles. The fraction of sp³-hybridized carbons (Fsp3) is 0.455. The van der Waals surface area contributed by atoms with E-state index in [9.17, 15) is 4.39 Å². The van der Waals surface area contributed by atoms with Gasteiger partial charge in [-0.2, -0.15) is 0 Å². The van der Waals surface area contributed by atoms with Crippen molar-refractivity contribution in [2.45, 2.75) is 6.42 Å². The Kier molecular flexibility index (Phi) is 5.58. The fourth-order valence-corrected chi connectivity index (χ4v) is 2.00. The molecule has 84 valence electrons. The zero-order chi connectivity index (χ0) is 11.3. The summed E-state index contributed by atoms with van der Waals surface area (Å²) in [5.74, 6) is 0.467. The highest BCUT2D eigenvalue weighted by Gasteiger charge is 2.04. The standard InChI is InChI=1S/C11H14BrClFN/c1-15(7-5-13)6-4-9-8-10(12)2-3-11(9)14/h2-3,8H,4-7H2,1H3. The molecule has 0 saturated carbocycles. The van der Waals surface area contributed by atoms with Crippen LogP contribution in [0.15, 0.2) is 22.7 Å². The van der Waals surface area contributed by atoms with Crippen LogP contribution >= 0.6 is 27.5 Å². The van der Waals surface area contributed by atoms with E-state index in [1.807, 2.05) is 13.1 Å². The number of alkyl halides is 1. The Hall–Kier alpha value is -0.120. The van der Waals surface area contributed by atoms with E-state index in [0.717, 1.165) is 23.1 Å². The third-order valence-electron chi connectivity index (χ3n) is 2.24. The summed E-state index contributed by atoms with van der Waals surface area (Å²) < 4.78 is 14.3. The average molecular weight is 295 g/mol. The van der Waals surface area contributed by atoms with Crippen LogP contribution in [-0.2, 0) is 6.42 Å². The first-order chi connectivity index (χ1) is 7.13. The van der Waals surface area contributed by atoms with E-state index >= 15 is 0 Å². The van der Waals surface area contributed by atoms with Gasteiger partial charge in [-0.25, -0.2) is 4.39 Å². The van der Waals surface area contributed by atoms with Crippen molar-refractivity contribution in [2.75, 3.05) is 26.0 Å². The minimum Gasteiger partial charge on any atom is -0.305 e. The first-order valence-electron chi connectivity index (χ1n) is 4.82. The van der Waals surface area contributed by atoms with Crippen LogP contribution in [0.5, 0.6) is 0 Å². The topological polar surface area (TPSA) is 3.24 Å². The highest BCUT2D eigenvalue weighted by molar-refractivity contribution is 9.10. The Morgan fingerprint density at radius 3 is 2.80 bits per heavy atom. The average Bonchev–Trinajstić information content (AvgIpc) is 2.20. The lowest BCUT2D eigenvalue weighted by atomic mass is 10.1. The Morgan fingerprint density at radius 1 is 1.40 bits per heavy atom. The summed E-state index contributed by atoms with van der Waals surface area (Å²) in [7, 11) is 1.98. The van der Waals surface area contributed by atoms with Crippen LogP contribution in [0.1, 0.15) is 5.56 Å². The molecule has 0 aliphatic carbocycles. The summed E-state index contributed by atoms with van der Waals surface area (Å²) in [6.45, 7) is 1.65. The van der Waals surface area contributed by atoms with Crippen molar-refractivity contribution in [3.8, 4) is 0 Å². The molecule has 0 bridgehead atoms. The molecule has 0 heterocycles. The van der Waals surface area contributed by atoms with Crippen LogP contribution in [0.25, 0.3) is 0 Å². The number of nitrogens with zero attached hydrogens (tertiary/aromatic N) is 1. The van der Waals surface area contributed by atoms with E-state index in [0.29, 0.717) is 12.3 Å². The van der Waals surface area contributed by atoms with E-state index in [4.69, 9.17) is 11.6 Å². The smallest absolute Gasteiger partial charge is 0.126 e. The molecule has 0 saturated heterocycles. The van der Waals surface area contributed by atoms with Gasteiger partial charge in [0, 0.05) is 23.4 Å². The zero-order valence-corrected chi connectivity index (χ0v) is 11.0. The normalized spacial score (nSPS) is 11.0. The van der Waals surface area contributed by atoms with E-state index in [1.54, 1.807) is 6.07 Å². The van der Waals surface area contributed by atoms with Crippen LogP contribution < -0.4 is 0 Å². The van der Waals surface area contributed by atoms with Crippen molar-refractivity contribution < 1.29 is 4.39 Å². The van der Waals surface area contributed by atoms with Gasteiger partial charge in [-0.3, -0.25) is 0 Å². The second-order valence-corrected chi connectivity index (χ2v) is 4.77. The van der Waals surface area contributed by atoms with Crippen LogP contribution in [-0.4, -0.2) is 30.9 Å². The molecule has 0 spiro atoms.